The van der Waals surface area contributed by atoms with Gasteiger partial charge in [-0.1, -0.05) is 13.0 Å². The SMILES string of the molecule is CCc1c(C)[nH]n(-c2cccc(C(=O)NC3CCC(=O)N(C)C3)c2)c1=O. The zero-order valence-electron chi connectivity index (χ0n) is 15.3. The van der Waals surface area contributed by atoms with Crippen LogP contribution in [0.3, 0.4) is 0 Å². The molecule has 0 saturated carbocycles. The molecule has 1 unspecified atom stereocenters. The molecule has 138 valence electrons. The van der Waals surface area contributed by atoms with Gasteiger partial charge in [0, 0.05) is 42.9 Å². The van der Waals surface area contributed by atoms with E-state index in [-0.39, 0.29) is 23.4 Å². The fourth-order valence-corrected chi connectivity index (χ4v) is 3.36. The Morgan fingerprint density at radius 3 is 2.77 bits per heavy atom. The summed E-state index contributed by atoms with van der Waals surface area (Å²) >= 11 is 0. The number of hydrogen-bond acceptors (Lipinski definition) is 3. The van der Waals surface area contributed by atoms with E-state index in [0.717, 1.165) is 11.3 Å². The molecule has 1 saturated heterocycles. The standard InChI is InChI=1S/C19H24N4O3/c1-4-16-12(2)21-23(19(16)26)15-7-5-6-13(10-15)18(25)20-14-8-9-17(24)22(3)11-14/h5-7,10,14,21H,4,8-9,11H2,1-3H3,(H,20,25). The number of amides is 2. The van der Waals surface area contributed by atoms with Gasteiger partial charge in [-0.15, -0.1) is 0 Å². The van der Waals surface area contributed by atoms with E-state index >= 15 is 0 Å². The normalized spacial score (nSPS) is 17.4. The number of benzene rings is 1. The van der Waals surface area contributed by atoms with Crippen LogP contribution in [-0.4, -0.2) is 46.1 Å². The molecule has 1 fully saturated rings. The number of aromatic nitrogens is 2. The molecule has 1 aromatic heterocycles. The van der Waals surface area contributed by atoms with Crippen LogP contribution in [0.2, 0.25) is 0 Å². The Balaban J connectivity index is 1.80. The van der Waals surface area contributed by atoms with Crippen LogP contribution in [0.1, 0.15) is 41.4 Å². The lowest BCUT2D eigenvalue weighted by Crippen LogP contribution is -2.48. The third-order valence-electron chi connectivity index (χ3n) is 4.88. The van der Waals surface area contributed by atoms with E-state index in [9.17, 15) is 14.4 Å². The highest BCUT2D eigenvalue weighted by atomic mass is 16.2. The molecule has 2 heterocycles. The summed E-state index contributed by atoms with van der Waals surface area (Å²) in [5, 5.41) is 6.04. The van der Waals surface area contributed by atoms with Crippen LogP contribution in [0.25, 0.3) is 5.69 Å². The predicted molar refractivity (Wildman–Crippen MR) is 98.6 cm³/mol. The minimum Gasteiger partial charge on any atom is -0.348 e. The van der Waals surface area contributed by atoms with Crippen LogP contribution in [0.4, 0.5) is 0 Å². The maximum atomic E-state index is 12.6. The van der Waals surface area contributed by atoms with Crippen molar-refractivity contribution in [2.24, 2.45) is 0 Å². The molecule has 1 aromatic carbocycles. The van der Waals surface area contributed by atoms with Crippen molar-refractivity contribution < 1.29 is 9.59 Å². The van der Waals surface area contributed by atoms with Gasteiger partial charge in [0.25, 0.3) is 11.5 Å². The monoisotopic (exact) mass is 356 g/mol. The molecule has 2 amide bonds. The molecule has 0 radical (unpaired) electrons. The summed E-state index contributed by atoms with van der Waals surface area (Å²) in [5.41, 5.74) is 2.60. The van der Waals surface area contributed by atoms with Gasteiger partial charge in [-0.2, -0.15) is 0 Å². The maximum Gasteiger partial charge on any atom is 0.274 e. The summed E-state index contributed by atoms with van der Waals surface area (Å²) in [5.74, 6) is -0.0997. The molecule has 2 aromatic rings. The highest BCUT2D eigenvalue weighted by molar-refractivity contribution is 5.95. The molecule has 2 N–H and O–H groups in total. The van der Waals surface area contributed by atoms with E-state index < -0.39 is 0 Å². The smallest absolute Gasteiger partial charge is 0.274 e. The van der Waals surface area contributed by atoms with Gasteiger partial charge in [0.05, 0.1) is 5.69 Å². The van der Waals surface area contributed by atoms with Crippen molar-refractivity contribution >= 4 is 11.8 Å². The first-order chi connectivity index (χ1) is 12.4. The average Bonchev–Trinajstić information content (AvgIpc) is 2.92. The second-order valence-electron chi connectivity index (χ2n) is 6.74. The zero-order chi connectivity index (χ0) is 18.8. The lowest BCUT2D eigenvalue weighted by Gasteiger charge is -2.30. The Hall–Kier alpha value is -2.83. The molecular formula is C19H24N4O3. The maximum absolute atomic E-state index is 12.6. The largest absolute Gasteiger partial charge is 0.348 e. The van der Waals surface area contributed by atoms with E-state index in [1.807, 2.05) is 13.8 Å². The third-order valence-corrected chi connectivity index (χ3v) is 4.88. The predicted octanol–water partition coefficient (Wildman–Crippen LogP) is 1.39. The first kappa shape index (κ1) is 18.0. The van der Waals surface area contributed by atoms with Crippen molar-refractivity contribution in [3.05, 3.63) is 51.4 Å². The van der Waals surface area contributed by atoms with Gasteiger partial charge in [-0.05, 0) is 38.0 Å². The molecule has 1 aliphatic rings. The number of carbonyl (C=O) groups excluding carboxylic acids is 2. The van der Waals surface area contributed by atoms with Crippen molar-refractivity contribution in [2.75, 3.05) is 13.6 Å². The van der Waals surface area contributed by atoms with Gasteiger partial charge in [0.1, 0.15) is 0 Å². The molecule has 3 rings (SSSR count). The van der Waals surface area contributed by atoms with Crippen LogP contribution in [-0.2, 0) is 11.2 Å². The molecule has 0 spiro atoms. The van der Waals surface area contributed by atoms with Crippen molar-refractivity contribution in [3.8, 4) is 5.69 Å². The first-order valence-corrected chi connectivity index (χ1v) is 8.86. The lowest BCUT2D eigenvalue weighted by atomic mass is 10.0. The summed E-state index contributed by atoms with van der Waals surface area (Å²) in [6.07, 6.45) is 1.74. The van der Waals surface area contributed by atoms with Crippen LogP contribution in [0.5, 0.6) is 0 Å². The van der Waals surface area contributed by atoms with E-state index in [0.29, 0.717) is 37.1 Å². The van der Waals surface area contributed by atoms with Gasteiger partial charge in [0.2, 0.25) is 5.91 Å². The Kier molecular flexibility index (Phi) is 4.97. The fraction of sp³-hybridized carbons (Fsp3) is 0.421. The van der Waals surface area contributed by atoms with Crippen LogP contribution in [0.15, 0.2) is 29.1 Å². The van der Waals surface area contributed by atoms with Crippen molar-refractivity contribution in [3.63, 3.8) is 0 Å². The second kappa shape index (κ2) is 7.19. The Morgan fingerprint density at radius 1 is 1.35 bits per heavy atom. The number of likely N-dealkylation sites (N-methyl/N-ethyl adjacent to an activating group) is 1. The Morgan fingerprint density at radius 2 is 2.12 bits per heavy atom. The highest BCUT2D eigenvalue weighted by Gasteiger charge is 2.24. The molecule has 26 heavy (non-hydrogen) atoms. The highest BCUT2D eigenvalue weighted by Crippen LogP contribution is 2.13. The number of likely N-dealkylation sites (tertiary alicyclic amines) is 1. The summed E-state index contributed by atoms with van der Waals surface area (Å²) in [6, 6.07) is 6.91. The van der Waals surface area contributed by atoms with Crippen LogP contribution in [0, 0.1) is 6.92 Å². The summed E-state index contributed by atoms with van der Waals surface area (Å²) < 4.78 is 1.47. The molecule has 7 nitrogen and oxygen atoms in total. The number of hydrogen-bond donors (Lipinski definition) is 2. The summed E-state index contributed by atoms with van der Waals surface area (Å²) in [6.45, 7) is 4.32. The molecular weight excluding hydrogens is 332 g/mol. The van der Waals surface area contributed by atoms with E-state index in [4.69, 9.17) is 0 Å². The van der Waals surface area contributed by atoms with Gasteiger partial charge in [-0.25, -0.2) is 4.68 Å². The van der Waals surface area contributed by atoms with E-state index in [2.05, 4.69) is 10.4 Å². The van der Waals surface area contributed by atoms with E-state index in [1.165, 1.54) is 4.68 Å². The molecule has 7 heteroatoms. The molecule has 1 aliphatic heterocycles. The first-order valence-electron chi connectivity index (χ1n) is 8.86. The van der Waals surface area contributed by atoms with Crippen molar-refractivity contribution in [1.82, 2.24) is 20.0 Å². The number of aryl methyl sites for hydroxylation is 1. The van der Waals surface area contributed by atoms with Crippen LogP contribution >= 0.6 is 0 Å². The number of nitrogens with one attached hydrogen (secondary N) is 2. The number of rotatable bonds is 4. The quantitative estimate of drug-likeness (QED) is 0.868. The summed E-state index contributed by atoms with van der Waals surface area (Å²) in [7, 11) is 1.74. The number of nitrogens with zero attached hydrogens (tertiary/aromatic N) is 2. The van der Waals surface area contributed by atoms with E-state index in [1.54, 1.807) is 36.2 Å². The zero-order valence-corrected chi connectivity index (χ0v) is 15.3. The molecule has 0 aliphatic carbocycles. The Bertz CT molecular complexity index is 896. The van der Waals surface area contributed by atoms with Gasteiger partial charge >= 0.3 is 0 Å². The van der Waals surface area contributed by atoms with Gasteiger partial charge < -0.3 is 10.2 Å². The lowest BCUT2D eigenvalue weighted by molar-refractivity contribution is -0.132. The molecule has 1 atom stereocenters. The topological polar surface area (TPSA) is 87.2 Å². The summed E-state index contributed by atoms with van der Waals surface area (Å²) in [4.78, 5) is 38.3. The minimum absolute atomic E-state index is 0.0593. The van der Waals surface area contributed by atoms with Gasteiger partial charge in [-0.3, -0.25) is 19.5 Å². The second-order valence-corrected chi connectivity index (χ2v) is 6.74. The van der Waals surface area contributed by atoms with Gasteiger partial charge in [0.15, 0.2) is 0 Å². The molecule has 0 bridgehead atoms. The van der Waals surface area contributed by atoms with Crippen molar-refractivity contribution in [2.45, 2.75) is 39.2 Å². The number of carbonyl (C=O) groups is 2. The third kappa shape index (κ3) is 3.42. The number of H-pyrrole nitrogens is 1. The number of aromatic amines is 1. The van der Waals surface area contributed by atoms with Crippen LogP contribution < -0.4 is 10.9 Å². The van der Waals surface area contributed by atoms with Crippen molar-refractivity contribution in [1.29, 1.82) is 0 Å². The Labute approximate surface area is 152 Å². The average molecular weight is 356 g/mol. The minimum atomic E-state index is -0.202. The number of piperidine rings is 1. The fourth-order valence-electron chi connectivity index (χ4n) is 3.36.